The van der Waals surface area contributed by atoms with E-state index in [4.69, 9.17) is 16.3 Å². The Bertz CT molecular complexity index is 1260. The molecular weight excluding hydrogens is 501 g/mol. The average molecular weight is 514 g/mol. The van der Waals surface area contributed by atoms with Crippen LogP contribution in [0.5, 0.6) is 11.5 Å². The Kier molecular flexibility index (Phi) is 7.55. The predicted molar refractivity (Wildman–Crippen MR) is 114 cm³/mol. The molecule has 0 saturated carbocycles. The molecule has 3 N–H and O–H groups in total. The Morgan fingerprint density at radius 1 is 0.829 bits per heavy atom. The zero-order chi connectivity index (χ0) is 25.8. The van der Waals surface area contributed by atoms with Gasteiger partial charge in [0.25, 0.3) is 5.91 Å². The lowest BCUT2D eigenvalue weighted by atomic mass is 10.2. The number of nitrogens with one attached hydrogen (secondary N) is 3. The summed E-state index contributed by atoms with van der Waals surface area (Å²) in [5.74, 6) is -3.65. The smallest absolute Gasteiger partial charge is 0.416 e. The maximum absolute atomic E-state index is 13.6. The number of hydrogen-bond donors (Lipinski definition) is 3. The zero-order valence-corrected chi connectivity index (χ0v) is 17.9. The first-order chi connectivity index (χ1) is 16.4. The average Bonchev–Trinajstić information content (AvgIpc) is 2.75. The van der Waals surface area contributed by atoms with E-state index in [1.54, 1.807) is 10.6 Å². The van der Waals surface area contributed by atoms with E-state index in [0.717, 1.165) is 30.3 Å². The van der Waals surface area contributed by atoms with Crippen LogP contribution in [0.15, 0.2) is 60.7 Å². The van der Waals surface area contributed by atoms with Crippen molar-refractivity contribution in [1.29, 1.82) is 0 Å². The summed E-state index contributed by atoms with van der Waals surface area (Å²) in [6, 6.07) is 8.21. The van der Waals surface area contributed by atoms with E-state index in [1.807, 2.05) is 0 Å². The molecule has 13 heteroatoms. The first kappa shape index (κ1) is 25.4. The summed E-state index contributed by atoms with van der Waals surface area (Å²) in [7, 11) is 0. The van der Waals surface area contributed by atoms with Crippen molar-refractivity contribution in [2.24, 2.45) is 0 Å². The van der Waals surface area contributed by atoms with Gasteiger partial charge in [-0.15, -0.1) is 0 Å². The summed E-state index contributed by atoms with van der Waals surface area (Å²) in [5, 5.41) is 5.35. The van der Waals surface area contributed by atoms with Crippen molar-refractivity contribution in [3.05, 3.63) is 88.4 Å². The molecule has 3 aromatic rings. The van der Waals surface area contributed by atoms with E-state index in [-0.39, 0.29) is 22.2 Å². The van der Waals surface area contributed by atoms with Crippen LogP contribution in [0, 0.1) is 11.6 Å². The van der Waals surface area contributed by atoms with E-state index in [2.05, 4.69) is 5.32 Å². The Balaban J connectivity index is 1.55. The van der Waals surface area contributed by atoms with Crippen LogP contribution in [0.1, 0.15) is 15.9 Å². The quantitative estimate of drug-likeness (QED) is 0.367. The number of alkyl halides is 3. The van der Waals surface area contributed by atoms with Gasteiger partial charge in [-0.05, 0) is 54.6 Å². The predicted octanol–water partition coefficient (Wildman–Crippen LogP) is 6.10. The molecule has 3 rings (SSSR count). The number of imide groups is 2. The lowest BCUT2D eigenvalue weighted by molar-refractivity contribution is -0.137. The van der Waals surface area contributed by atoms with Gasteiger partial charge in [0, 0.05) is 5.69 Å². The van der Waals surface area contributed by atoms with Crippen molar-refractivity contribution in [1.82, 2.24) is 10.6 Å². The highest BCUT2D eigenvalue weighted by Gasteiger charge is 2.31. The number of rotatable bonds is 4. The molecule has 0 spiro atoms. The van der Waals surface area contributed by atoms with Crippen LogP contribution in [0.2, 0.25) is 5.02 Å². The Labute approximate surface area is 198 Å². The van der Waals surface area contributed by atoms with Gasteiger partial charge in [-0.3, -0.25) is 15.4 Å². The van der Waals surface area contributed by atoms with Crippen molar-refractivity contribution >= 4 is 35.3 Å². The summed E-state index contributed by atoms with van der Waals surface area (Å²) >= 11 is 5.83. The van der Waals surface area contributed by atoms with Crippen LogP contribution >= 0.6 is 11.6 Å². The maximum Gasteiger partial charge on any atom is 0.416 e. The van der Waals surface area contributed by atoms with Crippen molar-refractivity contribution < 1.29 is 41.1 Å². The minimum Gasteiger partial charge on any atom is -0.456 e. The van der Waals surface area contributed by atoms with Crippen LogP contribution in [0.4, 0.5) is 37.2 Å². The van der Waals surface area contributed by atoms with Gasteiger partial charge in [0.2, 0.25) is 0 Å². The fourth-order valence-corrected chi connectivity index (χ4v) is 2.89. The van der Waals surface area contributed by atoms with Crippen molar-refractivity contribution in [2.75, 3.05) is 5.32 Å². The molecule has 7 nitrogen and oxygen atoms in total. The molecule has 0 aliphatic rings. The Hall–Kier alpha value is -4.19. The second-order valence-corrected chi connectivity index (χ2v) is 7.14. The number of hydrogen-bond acceptors (Lipinski definition) is 4. The number of urea groups is 2. The summed E-state index contributed by atoms with van der Waals surface area (Å²) < 4.78 is 70.7. The number of benzene rings is 3. The Morgan fingerprint density at radius 2 is 1.46 bits per heavy atom. The highest BCUT2D eigenvalue weighted by molar-refractivity contribution is 6.32. The highest BCUT2D eigenvalue weighted by atomic mass is 35.5. The molecular formula is C22H13ClF5N3O4. The molecule has 35 heavy (non-hydrogen) atoms. The molecule has 5 amide bonds. The SMILES string of the molecule is O=C(NC(=O)Nc1ccc(Oc2ccc(C(F)(F)F)cc2Cl)cc1)NC(=O)c1c(F)cccc1F. The van der Waals surface area contributed by atoms with E-state index in [9.17, 15) is 36.3 Å². The monoisotopic (exact) mass is 513 g/mol. The summed E-state index contributed by atoms with van der Waals surface area (Å²) in [4.78, 5) is 35.6. The summed E-state index contributed by atoms with van der Waals surface area (Å²) in [6.45, 7) is 0. The van der Waals surface area contributed by atoms with Crippen LogP contribution in [-0.4, -0.2) is 18.0 Å². The van der Waals surface area contributed by atoms with Gasteiger partial charge < -0.3 is 10.1 Å². The molecule has 0 radical (unpaired) electrons. The van der Waals surface area contributed by atoms with Crippen LogP contribution in [0.3, 0.4) is 0 Å². The molecule has 0 bridgehead atoms. The molecule has 0 heterocycles. The standard InChI is InChI=1S/C22H13ClF5N3O4/c23-14-10-11(22(26,27)28)4-9-17(14)35-13-7-5-12(6-8-13)29-20(33)31-21(34)30-19(32)18-15(24)2-1-3-16(18)25/h1-10H,(H3,29,30,31,32,33,34). The lowest BCUT2D eigenvalue weighted by Gasteiger charge is -2.12. The molecule has 0 saturated heterocycles. The molecule has 0 unspecified atom stereocenters. The third-order valence-electron chi connectivity index (χ3n) is 4.24. The molecule has 0 aliphatic carbocycles. The van der Waals surface area contributed by atoms with Gasteiger partial charge >= 0.3 is 18.2 Å². The Morgan fingerprint density at radius 3 is 2.03 bits per heavy atom. The third kappa shape index (κ3) is 6.67. The van der Waals surface area contributed by atoms with E-state index >= 15 is 0 Å². The molecule has 0 aromatic heterocycles. The minimum atomic E-state index is -4.56. The number of carbonyl (C=O) groups is 3. The third-order valence-corrected chi connectivity index (χ3v) is 4.54. The number of amides is 5. The van der Waals surface area contributed by atoms with E-state index < -0.39 is 46.9 Å². The maximum atomic E-state index is 13.6. The van der Waals surface area contributed by atoms with Crippen molar-refractivity contribution in [2.45, 2.75) is 6.18 Å². The largest absolute Gasteiger partial charge is 0.456 e. The van der Waals surface area contributed by atoms with Gasteiger partial charge in [-0.2, -0.15) is 13.2 Å². The fraction of sp³-hybridized carbons (Fsp3) is 0.0455. The first-order valence-corrected chi connectivity index (χ1v) is 9.84. The molecule has 0 atom stereocenters. The van der Waals surface area contributed by atoms with Gasteiger partial charge in [0.05, 0.1) is 10.6 Å². The molecule has 0 aliphatic heterocycles. The van der Waals surface area contributed by atoms with Crippen LogP contribution < -0.4 is 20.7 Å². The van der Waals surface area contributed by atoms with Crippen LogP contribution in [-0.2, 0) is 6.18 Å². The summed E-state index contributed by atoms with van der Waals surface area (Å²) in [5.41, 5.74) is -1.77. The topological polar surface area (TPSA) is 96.5 Å². The highest BCUT2D eigenvalue weighted by Crippen LogP contribution is 2.36. The van der Waals surface area contributed by atoms with E-state index in [1.165, 1.54) is 24.3 Å². The number of anilines is 1. The van der Waals surface area contributed by atoms with Gasteiger partial charge in [0.1, 0.15) is 28.7 Å². The normalized spacial score (nSPS) is 10.9. The summed E-state index contributed by atoms with van der Waals surface area (Å²) in [6.07, 6.45) is -4.56. The van der Waals surface area contributed by atoms with Crippen LogP contribution in [0.25, 0.3) is 0 Å². The molecule has 3 aromatic carbocycles. The fourth-order valence-electron chi connectivity index (χ4n) is 2.67. The van der Waals surface area contributed by atoms with Gasteiger partial charge in [-0.25, -0.2) is 18.4 Å². The second-order valence-electron chi connectivity index (χ2n) is 6.73. The van der Waals surface area contributed by atoms with Gasteiger partial charge in [-0.1, -0.05) is 17.7 Å². The van der Waals surface area contributed by atoms with E-state index in [0.29, 0.717) is 6.07 Å². The lowest BCUT2D eigenvalue weighted by Crippen LogP contribution is -2.44. The second kappa shape index (κ2) is 10.4. The zero-order valence-electron chi connectivity index (χ0n) is 17.2. The first-order valence-electron chi connectivity index (χ1n) is 9.46. The minimum absolute atomic E-state index is 0.0363. The number of carbonyl (C=O) groups excluding carboxylic acids is 3. The van der Waals surface area contributed by atoms with Crippen molar-refractivity contribution in [3.8, 4) is 11.5 Å². The van der Waals surface area contributed by atoms with Crippen molar-refractivity contribution in [3.63, 3.8) is 0 Å². The number of ether oxygens (including phenoxy) is 1. The molecule has 0 fully saturated rings. The molecule has 182 valence electrons. The van der Waals surface area contributed by atoms with Gasteiger partial charge in [0.15, 0.2) is 0 Å². The number of halogens is 6.